The molecule has 1 saturated heterocycles. The Balaban J connectivity index is 1.59. The second-order valence-electron chi connectivity index (χ2n) is 7.78. The number of nitrogens with one attached hydrogen (secondary N) is 2. The number of benzene rings is 2. The largest absolute Gasteiger partial charge is 0.508 e. The van der Waals surface area contributed by atoms with E-state index in [0.717, 1.165) is 30.5 Å². The zero-order valence-electron chi connectivity index (χ0n) is 17.8. The predicted octanol–water partition coefficient (Wildman–Crippen LogP) is 3.26. The van der Waals surface area contributed by atoms with Gasteiger partial charge in [0.05, 0.1) is 0 Å². The maximum atomic E-state index is 12.7. The van der Waals surface area contributed by atoms with E-state index in [-0.39, 0.29) is 23.6 Å². The van der Waals surface area contributed by atoms with Crippen LogP contribution >= 0.6 is 0 Å². The Morgan fingerprint density at radius 1 is 0.968 bits per heavy atom. The average molecular weight is 422 g/mol. The summed E-state index contributed by atoms with van der Waals surface area (Å²) in [7, 11) is 0. The quantitative estimate of drug-likeness (QED) is 0.665. The topological polar surface area (TPSA) is 81.7 Å². The minimum Gasteiger partial charge on any atom is -0.508 e. The summed E-state index contributed by atoms with van der Waals surface area (Å²) in [6.07, 6.45) is 6.32. The molecule has 1 atom stereocenters. The number of carbonyl (C=O) groups is 2. The van der Waals surface area contributed by atoms with E-state index in [0.29, 0.717) is 32.5 Å². The Bertz CT molecular complexity index is 865. The van der Waals surface area contributed by atoms with Crippen molar-refractivity contribution in [1.29, 1.82) is 0 Å². The summed E-state index contributed by atoms with van der Waals surface area (Å²) < 4.78 is 0. The van der Waals surface area contributed by atoms with Gasteiger partial charge in [-0.15, -0.1) is 0 Å². The Hall–Kier alpha value is -3.12. The van der Waals surface area contributed by atoms with E-state index < -0.39 is 0 Å². The molecular weight excluding hydrogens is 390 g/mol. The molecular formula is C25H31N3O3. The highest BCUT2D eigenvalue weighted by Gasteiger charge is 2.17. The van der Waals surface area contributed by atoms with Crippen LogP contribution < -0.4 is 10.6 Å². The molecule has 0 radical (unpaired) electrons. The van der Waals surface area contributed by atoms with Crippen LogP contribution in [0.15, 0.2) is 60.7 Å². The van der Waals surface area contributed by atoms with Gasteiger partial charge < -0.3 is 20.6 Å². The summed E-state index contributed by atoms with van der Waals surface area (Å²) in [5.41, 5.74) is 1.98. The summed E-state index contributed by atoms with van der Waals surface area (Å²) in [5, 5.41) is 15.9. The minimum absolute atomic E-state index is 0.0000181. The molecule has 0 spiro atoms. The fraction of sp³-hybridized carbons (Fsp3) is 0.360. The van der Waals surface area contributed by atoms with Crippen LogP contribution in [-0.2, 0) is 9.59 Å². The first-order valence-electron chi connectivity index (χ1n) is 10.9. The third-order valence-electron chi connectivity index (χ3n) is 5.39. The van der Waals surface area contributed by atoms with Crippen LogP contribution in [0.25, 0.3) is 6.08 Å². The number of hydrogen-bond acceptors (Lipinski definition) is 4. The number of aromatic hydroxyl groups is 1. The Kier molecular flexibility index (Phi) is 8.67. The third-order valence-corrected chi connectivity index (χ3v) is 5.39. The van der Waals surface area contributed by atoms with Crippen LogP contribution in [-0.4, -0.2) is 48.0 Å². The molecule has 3 N–H and O–H groups in total. The van der Waals surface area contributed by atoms with Gasteiger partial charge in [-0.3, -0.25) is 9.59 Å². The first-order valence-corrected chi connectivity index (χ1v) is 10.9. The molecule has 164 valence electrons. The molecule has 0 unspecified atom stereocenters. The first kappa shape index (κ1) is 22.6. The van der Waals surface area contributed by atoms with Crippen molar-refractivity contribution in [2.24, 2.45) is 0 Å². The molecule has 0 saturated carbocycles. The lowest BCUT2D eigenvalue weighted by atomic mass is 10.0. The molecule has 0 aromatic heterocycles. The monoisotopic (exact) mass is 421 g/mol. The van der Waals surface area contributed by atoms with Crippen LogP contribution in [0.5, 0.6) is 5.75 Å². The lowest BCUT2D eigenvalue weighted by Crippen LogP contribution is -2.34. The fourth-order valence-electron chi connectivity index (χ4n) is 3.64. The van der Waals surface area contributed by atoms with Gasteiger partial charge in [0.25, 0.3) is 0 Å². The van der Waals surface area contributed by atoms with Gasteiger partial charge in [-0.2, -0.15) is 0 Å². The molecule has 3 rings (SSSR count). The van der Waals surface area contributed by atoms with Gasteiger partial charge in [-0.1, -0.05) is 42.5 Å². The Morgan fingerprint density at radius 2 is 1.71 bits per heavy atom. The molecule has 6 heteroatoms. The van der Waals surface area contributed by atoms with Crippen LogP contribution in [0.4, 0.5) is 0 Å². The highest BCUT2D eigenvalue weighted by molar-refractivity contribution is 5.91. The van der Waals surface area contributed by atoms with Crippen LogP contribution in [0.2, 0.25) is 0 Å². The predicted molar refractivity (Wildman–Crippen MR) is 122 cm³/mol. The van der Waals surface area contributed by atoms with Crippen molar-refractivity contribution in [2.45, 2.75) is 31.7 Å². The van der Waals surface area contributed by atoms with Crippen LogP contribution in [0.3, 0.4) is 0 Å². The van der Waals surface area contributed by atoms with E-state index in [2.05, 4.69) is 10.6 Å². The summed E-state index contributed by atoms with van der Waals surface area (Å²) in [6.45, 7) is 2.60. The number of nitrogens with zero attached hydrogens (tertiary/aromatic N) is 1. The number of carbonyl (C=O) groups excluding carboxylic acids is 2. The van der Waals surface area contributed by atoms with Crippen molar-refractivity contribution < 1.29 is 14.7 Å². The van der Waals surface area contributed by atoms with Crippen molar-refractivity contribution in [2.75, 3.05) is 26.2 Å². The van der Waals surface area contributed by atoms with Gasteiger partial charge in [0, 0.05) is 38.2 Å². The molecule has 1 aliphatic heterocycles. The number of amides is 2. The highest BCUT2D eigenvalue weighted by Crippen LogP contribution is 2.20. The fourth-order valence-corrected chi connectivity index (χ4v) is 3.64. The molecule has 0 bridgehead atoms. The van der Waals surface area contributed by atoms with Crippen molar-refractivity contribution in [3.8, 4) is 5.75 Å². The van der Waals surface area contributed by atoms with Gasteiger partial charge in [0.1, 0.15) is 5.75 Å². The van der Waals surface area contributed by atoms with E-state index >= 15 is 0 Å². The summed E-state index contributed by atoms with van der Waals surface area (Å²) in [5.74, 6) is 0.190. The SMILES string of the molecule is O=C1C[C@@H](c2ccc(O)cc2)NCCCCN(C(=O)/C=C\c2ccccc2)CCCN1. The van der Waals surface area contributed by atoms with Gasteiger partial charge >= 0.3 is 0 Å². The maximum absolute atomic E-state index is 12.7. The molecule has 6 nitrogen and oxygen atoms in total. The smallest absolute Gasteiger partial charge is 0.246 e. The van der Waals surface area contributed by atoms with E-state index in [9.17, 15) is 14.7 Å². The van der Waals surface area contributed by atoms with Gasteiger partial charge in [-0.25, -0.2) is 0 Å². The number of hydrogen-bond donors (Lipinski definition) is 3. The second-order valence-corrected chi connectivity index (χ2v) is 7.78. The molecule has 2 amide bonds. The average Bonchev–Trinajstić information content (AvgIpc) is 2.80. The number of phenols is 1. The van der Waals surface area contributed by atoms with Gasteiger partial charge in [-0.05, 0) is 55.1 Å². The Labute approximate surface area is 184 Å². The normalized spacial score (nSPS) is 19.2. The summed E-state index contributed by atoms with van der Waals surface area (Å²) in [6, 6.07) is 16.7. The van der Waals surface area contributed by atoms with Crippen molar-refractivity contribution in [3.05, 3.63) is 71.8 Å². The van der Waals surface area contributed by atoms with Gasteiger partial charge in [0.15, 0.2) is 0 Å². The minimum atomic E-state index is -0.104. The number of phenolic OH excluding ortho intramolecular Hbond substituents is 1. The molecule has 1 aliphatic rings. The number of rotatable bonds is 3. The third kappa shape index (κ3) is 7.57. The lowest BCUT2D eigenvalue weighted by Gasteiger charge is -2.21. The first-order chi connectivity index (χ1) is 15.1. The van der Waals surface area contributed by atoms with Crippen LogP contribution in [0.1, 0.15) is 42.9 Å². The molecule has 0 aliphatic carbocycles. The molecule has 2 aromatic carbocycles. The standard InChI is InChI=1S/C25H31N3O3/c29-22-12-10-21(11-13-22)23-19-24(30)27-16-6-18-28(17-5-4-15-26-23)25(31)14-9-20-7-2-1-3-8-20/h1-3,7-14,23,26,29H,4-6,15-19H2,(H,27,30)/b14-9-/t23-/m0/s1. The summed E-state index contributed by atoms with van der Waals surface area (Å²) in [4.78, 5) is 27.0. The zero-order valence-corrected chi connectivity index (χ0v) is 17.8. The van der Waals surface area contributed by atoms with E-state index in [1.165, 1.54) is 0 Å². The zero-order chi connectivity index (χ0) is 21.9. The van der Waals surface area contributed by atoms with E-state index in [4.69, 9.17) is 0 Å². The molecule has 1 heterocycles. The Morgan fingerprint density at radius 3 is 2.48 bits per heavy atom. The van der Waals surface area contributed by atoms with Crippen LogP contribution in [0, 0.1) is 0 Å². The van der Waals surface area contributed by atoms with Crippen molar-refractivity contribution in [3.63, 3.8) is 0 Å². The second kappa shape index (κ2) is 11.9. The highest BCUT2D eigenvalue weighted by atomic mass is 16.3. The maximum Gasteiger partial charge on any atom is 0.246 e. The summed E-state index contributed by atoms with van der Waals surface area (Å²) >= 11 is 0. The lowest BCUT2D eigenvalue weighted by molar-refractivity contribution is -0.126. The molecule has 1 fully saturated rings. The van der Waals surface area contributed by atoms with E-state index in [1.807, 2.05) is 53.4 Å². The molecule has 31 heavy (non-hydrogen) atoms. The van der Waals surface area contributed by atoms with E-state index in [1.54, 1.807) is 18.2 Å². The van der Waals surface area contributed by atoms with Crippen molar-refractivity contribution in [1.82, 2.24) is 15.5 Å². The van der Waals surface area contributed by atoms with Crippen molar-refractivity contribution >= 4 is 17.9 Å². The van der Waals surface area contributed by atoms with Gasteiger partial charge in [0.2, 0.25) is 11.8 Å². The molecule has 2 aromatic rings.